The molecule has 4 heteroatoms. The van der Waals surface area contributed by atoms with Crippen LogP contribution in [0.3, 0.4) is 0 Å². The highest BCUT2D eigenvalue weighted by atomic mass is 15.1. The second-order valence-electron chi connectivity index (χ2n) is 2.99. The average molecular weight is 186 g/mol. The normalized spacial score (nSPS) is 10.1. The standard InChI is InChI=1S/C10H10N4/c1-7-8(3-5-13-14-7)9-2-4-12-6-10(9)11/h2-6H,11H2,1H3. The maximum absolute atomic E-state index is 5.81. The first-order valence-electron chi connectivity index (χ1n) is 4.27. The van der Waals surface area contributed by atoms with E-state index < -0.39 is 0 Å². The fourth-order valence-corrected chi connectivity index (χ4v) is 1.34. The van der Waals surface area contributed by atoms with Crippen molar-refractivity contribution in [1.82, 2.24) is 15.2 Å². The largest absolute Gasteiger partial charge is 0.397 e. The lowest BCUT2D eigenvalue weighted by atomic mass is 10.1. The minimum absolute atomic E-state index is 0.656. The Bertz CT molecular complexity index is 410. The molecule has 2 heterocycles. The predicted molar refractivity (Wildman–Crippen MR) is 54.4 cm³/mol. The van der Waals surface area contributed by atoms with Crippen LogP contribution >= 0.6 is 0 Å². The quantitative estimate of drug-likeness (QED) is 0.731. The van der Waals surface area contributed by atoms with Crippen LogP contribution in [0.5, 0.6) is 0 Å². The number of rotatable bonds is 1. The second kappa shape index (κ2) is 3.41. The summed E-state index contributed by atoms with van der Waals surface area (Å²) < 4.78 is 0. The van der Waals surface area contributed by atoms with Crippen LogP contribution in [-0.2, 0) is 0 Å². The van der Waals surface area contributed by atoms with Gasteiger partial charge in [0.15, 0.2) is 0 Å². The van der Waals surface area contributed by atoms with E-state index in [0.29, 0.717) is 5.69 Å². The van der Waals surface area contributed by atoms with Gasteiger partial charge in [-0.05, 0) is 19.1 Å². The van der Waals surface area contributed by atoms with Gasteiger partial charge >= 0.3 is 0 Å². The molecule has 0 spiro atoms. The number of nitrogens with zero attached hydrogens (tertiary/aromatic N) is 3. The van der Waals surface area contributed by atoms with E-state index in [1.54, 1.807) is 18.6 Å². The average Bonchev–Trinajstić information content (AvgIpc) is 2.20. The van der Waals surface area contributed by atoms with Crippen molar-refractivity contribution in [2.24, 2.45) is 0 Å². The summed E-state index contributed by atoms with van der Waals surface area (Å²) in [6.07, 6.45) is 5.00. The minimum Gasteiger partial charge on any atom is -0.397 e. The van der Waals surface area contributed by atoms with Crippen LogP contribution < -0.4 is 5.73 Å². The zero-order chi connectivity index (χ0) is 9.97. The highest BCUT2D eigenvalue weighted by Crippen LogP contribution is 2.25. The maximum atomic E-state index is 5.81. The molecule has 14 heavy (non-hydrogen) atoms. The molecule has 0 saturated heterocycles. The van der Waals surface area contributed by atoms with Gasteiger partial charge in [-0.2, -0.15) is 10.2 Å². The number of anilines is 1. The Hall–Kier alpha value is -1.97. The summed E-state index contributed by atoms with van der Waals surface area (Å²) >= 11 is 0. The van der Waals surface area contributed by atoms with E-state index in [4.69, 9.17) is 5.73 Å². The molecule has 0 amide bonds. The molecular weight excluding hydrogens is 176 g/mol. The van der Waals surface area contributed by atoms with Gasteiger partial charge in [0.1, 0.15) is 0 Å². The molecule has 2 rings (SSSR count). The van der Waals surface area contributed by atoms with E-state index in [-0.39, 0.29) is 0 Å². The van der Waals surface area contributed by atoms with Gasteiger partial charge in [-0.15, -0.1) is 0 Å². The SMILES string of the molecule is Cc1nnccc1-c1ccncc1N. The number of aromatic nitrogens is 3. The Morgan fingerprint density at radius 2 is 1.93 bits per heavy atom. The summed E-state index contributed by atoms with van der Waals surface area (Å²) in [4.78, 5) is 3.94. The molecule has 0 bridgehead atoms. The number of hydrogen-bond donors (Lipinski definition) is 1. The number of hydrogen-bond acceptors (Lipinski definition) is 4. The number of nitrogen functional groups attached to an aromatic ring is 1. The van der Waals surface area contributed by atoms with Crippen molar-refractivity contribution in [2.75, 3.05) is 5.73 Å². The summed E-state index contributed by atoms with van der Waals surface area (Å²) in [6.45, 7) is 1.90. The van der Waals surface area contributed by atoms with Gasteiger partial charge in [-0.1, -0.05) is 0 Å². The zero-order valence-electron chi connectivity index (χ0n) is 7.81. The molecule has 0 aliphatic carbocycles. The zero-order valence-corrected chi connectivity index (χ0v) is 7.81. The molecule has 0 radical (unpaired) electrons. The lowest BCUT2D eigenvalue weighted by Gasteiger charge is -2.05. The van der Waals surface area contributed by atoms with Crippen molar-refractivity contribution >= 4 is 5.69 Å². The van der Waals surface area contributed by atoms with E-state index in [9.17, 15) is 0 Å². The topological polar surface area (TPSA) is 64.7 Å². The van der Waals surface area contributed by atoms with Crippen LogP contribution in [-0.4, -0.2) is 15.2 Å². The molecule has 70 valence electrons. The molecule has 0 fully saturated rings. The molecule has 0 unspecified atom stereocenters. The third kappa shape index (κ3) is 1.42. The third-order valence-electron chi connectivity index (χ3n) is 2.05. The first-order chi connectivity index (χ1) is 6.79. The van der Waals surface area contributed by atoms with Gasteiger partial charge in [0.2, 0.25) is 0 Å². The van der Waals surface area contributed by atoms with Crippen LogP contribution in [0.1, 0.15) is 5.69 Å². The summed E-state index contributed by atoms with van der Waals surface area (Å²) in [5, 5.41) is 7.76. The molecule has 0 aliphatic heterocycles. The first kappa shape index (κ1) is 8.62. The van der Waals surface area contributed by atoms with Crippen LogP contribution in [0.25, 0.3) is 11.1 Å². The van der Waals surface area contributed by atoms with E-state index in [2.05, 4.69) is 15.2 Å². The number of nitrogens with two attached hydrogens (primary N) is 1. The third-order valence-corrected chi connectivity index (χ3v) is 2.05. The molecule has 0 aromatic carbocycles. The summed E-state index contributed by atoms with van der Waals surface area (Å²) in [5.41, 5.74) is 9.28. The fourth-order valence-electron chi connectivity index (χ4n) is 1.34. The molecule has 0 aliphatic rings. The first-order valence-corrected chi connectivity index (χ1v) is 4.27. The number of pyridine rings is 1. The molecule has 0 atom stereocenters. The Morgan fingerprint density at radius 3 is 2.64 bits per heavy atom. The van der Waals surface area contributed by atoms with E-state index >= 15 is 0 Å². The van der Waals surface area contributed by atoms with Crippen LogP contribution in [0, 0.1) is 6.92 Å². The van der Waals surface area contributed by atoms with Crippen LogP contribution in [0.2, 0.25) is 0 Å². The van der Waals surface area contributed by atoms with Crippen molar-refractivity contribution in [3.8, 4) is 11.1 Å². The van der Waals surface area contributed by atoms with Crippen molar-refractivity contribution < 1.29 is 0 Å². The molecule has 2 aromatic rings. The van der Waals surface area contributed by atoms with Gasteiger partial charge in [0.25, 0.3) is 0 Å². The van der Waals surface area contributed by atoms with Crippen molar-refractivity contribution in [2.45, 2.75) is 6.92 Å². The lowest BCUT2D eigenvalue weighted by molar-refractivity contribution is 0.983. The smallest absolute Gasteiger partial charge is 0.0679 e. The Kier molecular flexibility index (Phi) is 2.10. The molecule has 2 aromatic heterocycles. The molecule has 4 nitrogen and oxygen atoms in total. The maximum Gasteiger partial charge on any atom is 0.0679 e. The van der Waals surface area contributed by atoms with Crippen LogP contribution in [0.15, 0.2) is 30.7 Å². The lowest BCUT2D eigenvalue weighted by Crippen LogP contribution is -1.95. The summed E-state index contributed by atoms with van der Waals surface area (Å²) in [7, 11) is 0. The Balaban J connectivity index is 2.61. The highest BCUT2D eigenvalue weighted by Gasteiger charge is 2.05. The molecule has 2 N–H and O–H groups in total. The molecular formula is C10H10N4. The highest BCUT2D eigenvalue weighted by molar-refractivity contribution is 5.76. The van der Waals surface area contributed by atoms with Crippen molar-refractivity contribution in [3.05, 3.63) is 36.4 Å². The Labute approximate surface area is 81.8 Å². The van der Waals surface area contributed by atoms with Crippen molar-refractivity contribution in [1.29, 1.82) is 0 Å². The van der Waals surface area contributed by atoms with E-state index in [1.807, 2.05) is 19.1 Å². The van der Waals surface area contributed by atoms with Crippen LogP contribution in [0.4, 0.5) is 5.69 Å². The second-order valence-corrected chi connectivity index (χ2v) is 2.99. The summed E-state index contributed by atoms with van der Waals surface area (Å²) in [6, 6.07) is 3.77. The van der Waals surface area contributed by atoms with Gasteiger partial charge in [-0.3, -0.25) is 4.98 Å². The van der Waals surface area contributed by atoms with Gasteiger partial charge < -0.3 is 5.73 Å². The molecule has 0 saturated carbocycles. The fraction of sp³-hybridized carbons (Fsp3) is 0.100. The van der Waals surface area contributed by atoms with Gasteiger partial charge in [-0.25, -0.2) is 0 Å². The minimum atomic E-state index is 0.656. The van der Waals surface area contributed by atoms with E-state index in [0.717, 1.165) is 16.8 Å². The van der Waals surface area contributed by atoms with Gasteiger partial charge in [0, 0.05) is 17.3 Å². The van der Waals surface area contributed by atoms with Gasteiger partial charge in [0.05, 0.1) is 23.8 Å². The van der Waals surface area contributed by atoms with Crippen molar-refractivity contribution in [3.63, 3.8) is 0 Å². The summed E-state index contributed by atoms with van der Waals surface area (Å²) in [5.74, 6) is 0. The van der Waals surface area contributed by atoms with E-state index in [1.165, 1.54) is 0 Å². The predicted octanol–water partition coefficient (Wildman–Crippen LogP) is 1.43. The Morgan fingerprint density at radius 1 is 1.14 bits per heavy atom. The monoisotopic (exact) mass is 186 g/mol. The number of aryl methyl sites for hydroxylation is 1.